The van der Waals surface area contributed by atoms with E-state index in [9.17, 15) is 9.59 Å². The highest BCUT2D eigenvalue weighted by atomic mass is 16.2. The van der Waals surface area contributed by atoms with E-state index < -0.39 is 0 Å². The fourth-order valence-electron chi connectivity index (χ4n) is 2.91. The first kappa shape index (κ1) is 13.7. The van der Waals surface area contributed by atoms with Crippen molar-refractivity contribution in [1.82, 2.24) is 9.55 Å². The molecule has 0 spiro atoms. The van der Waals surface area contributed by atoms with E-state index in [1.807, 2.05) is 6.07 Å². The molecule has 1 unspecified atom stereocenters. The third-order valence-electron chi connectivity index (χ3n) is 4.16. The molecule has 2 heterocycles. The first-order valence-electron chi connectivity index (χ1n) is 7.25. The quantitative estimate of drug-likeness (QED) is 0.908. The van der Waals surface area contributed by atoms with Gasteiger partial charge < -0.3 is 4.90 Å². The van der Waals surface area contributed by atoms with Gasteiger partial charge in [-0.3, -0.25) is 14.3 Å². The lowest BCUT2D eigenvalue weighted by Crippen LogP contribution is -2.39. The molecule has 1 aliphatic heterocycles. The van der Waals surface area contributed by atoms with Crippen molar-refractivity contribution in [2.45, 2.75) is 18.8 Å². The molecule has 110 valence electrons. The van der Waals surface area contributed by atoms with Gasteiger partial charge in [-0.25, -0.2) is 4.79 Å². The van der Waals surface area contributed by atoms with Gasteiger partial charge in [-0.2, -0.15) is 0 Å². The summed E-state index contributed by atoms with van der Waals surface area (Å²) in [5.41, 5.74) is 0.684. The van der Waals surface area contributed by atoms with Gasteiger partial charge in [0, 0.05) is 32.1 Å². The van der Waals surface area contributed by atoms with Crippen molar-refractivity contribution < 1.29 is 0 Å². The summed E-state index contributed by atoms with van der Waals surface area (Å²) in [4.78, 5) is 28.4. The number of hydrogen-bond acceptors (Lipinski definition) is 3. The zero-order valence-corrected chi connectivity index (χ0v) is 12.1. The van der Waals surface area contributed by atoms with E-state index in [0.717, 1.165) is 30.5 Å². The predicted molar refractivity (Wildman–Crippen MR) is 82.9 cm³/mol. The van der Waals surface area contributed by atoms with E-state index in [4.69, 9.17) is 0 Å². The Morgan fingerprint density at radius 2 is 1.95 bits per heavy atom. The minimum Gasteiger partial charge on any atom is -0.357 e. The van der Waals surface area contributed by atoms with Crippen LogP contribution in [0.5, 0.6) is 0 Å². The Kier molecular flexibility index (Phi) is 3.64. The van der Waals surface area contributed by atoms with Crippen LogP contribution in [0.3, 0.4) is 0 Å². The van der Waals surface area contributed by atoms with Crippen molar-refractivity contribution in [3.63, 3.8) is 0 Å². The molecule has 1 saturated heterocycles. The van der Waals surface area contributed by atoms with Crippen molar-refractivity contribution in [3.05, 3.63) is 62.8 Å². The van der Waals surface area contributed by atoms with Gasteiger partial charge in [-0.15, -0.1) is 0 Å². The molecule has 1 N–H and O–H groups in total. The zero-order valence-electron chi connectivity index (χ0n) is 12.1. The number of H-pyrrole nitrogens is 1. The molecule has 1 aromatic carbocycles. The number of rotatable bonds is 2. The van der Waals surface area contributed by atoms with Gasteiger partial charge in [-0.1, -0.05) is 30.3 Å². The van der Waals surface area contributed by atoms with Crippen LogP contribution in [0.1, 0.15) is 24.3 Å². The fourth-order valence-corrected chi connectivity index (χ4v) is 2.91. The van der Waals surface area contributed by atoms with Crippen LogP contribution in [0, 0.1) is 0 Å². The summed E-state index contributed by atoms with van der Waals surface area (Å²) in [6.07, 6.45) is 2.19. The molecule has 0 bridgehead atoms. The molecule has 1 atom stereocenters. The lowest BCUT2D eigenvalue weighted by molar-refractivity contribution is 0.505. The van der Waals surface area contributed by atoms with Crippen LogP contribution < -0.4 is 16.1 Å². The maximum Gasteiger partial charge on any atom is 0.329 e. The smallest absolute Gasteiger partial charge is 0.329 e. The lowest BCUT2D eigenvalue weighted by atomic mass is 9.91. The maximum absolute atomic E-state index is 11.8. The number of piperidine rings is 1. The zero-order chi connectivity index (χ0) is 14.8. The van der Waals surface area contributed by atoms with Crippen molar-refractivity contribution in [2.24, 2.45) is 7.05 Å². The van der Waals surface area contributed by atoms with Gasteiger partial charge in [0.2, 0.25) is 0 Å². The number of aromatic amines is 1. The standard InChI is InChI=1S/C16H19N3O2/c1-18-15(20)10-14(17-16(18)21)19-9-5-8-13(11-19)12-6-3-2-4-7-12/h2-4,6-7,10,13H,5,8-9,11H2,1H3,(H,17,21). The van der Waals surface area contributed by atoms with Gasteiger partial charge in [0.1, 0.15) is 5.82 Å². The van der Waals surface area contributed by atoms with E-state index in [2.05, 4.69) is 34.1 Å². The second kappa shape index (κ2) is 5.60. The SMILES string of the molecule is Cn1c(=O)cc(N2CCCC(c3ccccc3)C2)[nH]c1=O. The Labute approximate surface area is 122 Å². The highest BCUT2D eigenvalue weighted by molar-refractivity contribution is 5.39. The summed E-state index contributed by atoms with van der Waals surface area (Å²) in [5.74, 6) is 1.07. The van der Waals surface area contributed by atoms with Crippen LogP contribution in [-0.4, -0.2) is 22.6 Å². The third kappa shape index (κ3) is 2.77. The van der Waals surface area contributed by atoms with E-state index in [1.54, 1.807) is 0 Å². The second-order valence-corrected chi connectivity index (χ2v) is 5.55. The van der Waals surface area contributed by atoms with Crippen LogP contribution in [-0.2, 0) is 7.05 Å². The van der Waals surface area contributed by atoms with Gasteiger partial charge in [0.25, 0.3) is 5.56 Å². The van der Waals surface area contributed by atoms with Gasteiger partial charge in [0.05, 0.1) is 0 Å². The largest absolute Gasteiger partial charge is 0.357 e. The number of nitrogens with one attached hydrogen (secondary N) is 1. The molecule has 3 rings (SSSR count). The van der Waals surface area contributed by atoms with E-state index in [0.29, 0.717) is 11.7 Å². The van der Waals surface area contributed by atoms with Gasteiger partial charge in [-0.05, 0) is 18.4 Å². The molecule has 1 aliphatic rings. The normalized spacial score (nSPS) is 18.7. The molecule has 1 aromatic heterocycles. The second-order valence-electron chi connectivity index (χ2n) is 5.55. The van der Waals surface area contributed by atoms with Crippen molar-refractivity contribution in [1.29, 1.82) is 0 Å². The molecule has 5 heteroatoms. The highest BCUT2D eigenvalue weighted by Gasteiger charge is 2.22. The molecule has 5 nitrogen and oxygen atoms in total. The third-order valence-corrected chi connectivity index (χ3v) is 4.16. The topological polar surface area (TPSA) is 58.1 Å². The van der Waals surface area contributed by atoms with Gasteiger partial charge in [0.15, 0.2) is 0 Å². The number of nitrogens with zero attached hydrogens (tertiary/aromatic N) is 2. The van der Waals surface area contributed by atoms with E-state index in [1.165, 1.54) is 18.7 Å². The Bertz CT molecular complexity index is 702. The summed E-state index contributed by atoms with van der Waals surface area (Å²) < 4.78 is 1.09. The molecule has 0 saturated carbocycles. The van der Waals surface area contributed by atoms with Crippen LogP contribution in [0.15, 0.2) is 46.0 Å². The monoisotopic (exact) mass is 285 g/mol. The maximum atomic E-state index is 11.8. The van der Waals surface area contributed by atoms with Crippen molar-refractivity contribution >= 4 is 5.82 Å². The van der Waals surface area contributed by atoms with Crippen LogP contribution in [0.25, 0.3) is 0 Å². The fraction of sp³-hybridized carbons (Fsp3) is 0.375. The molecule has 0 amide bonds. The van der Waals surface area contributed by atoms with Crippen LogP contribution >= 0.6 is 0 Å². The minimum atomic E-state index is -0.362. The molecule has 2 aromatic rings. The number of anilines is 1. The number of aromatic nitrogens is 2. The molecular weight excluding hydrogens is 266 g/mol. The minimum absolute atomic E-state index is 0.268. The van der Waals surface area contributed by atoms with E-state index in [-0.39, 0.29) is 11.2 Å². The predicted octanol–water partition coefficient (Wildman–Crippen LogP) is 1.46. The molecule has 1 fully saturated rings. The first-order chi connectivity index (χ1) is 10.1. The van der Waals surface area contributed by atoms with E-state index >= 15 is 0 Å². The lowest BCUT2D eigenvalue weighted by Gasteiger charge is -2.34. The molecule has 0 radical (unpaired) electrons. The first-order valence-corrected chi connectivity index (χ1v) is 7.25. The van der Waals surface area contributed by atoms with Crippen molar-refractivity contribution in [2.75, 3.05) is 18.0 Å². The Morgan fingerprint density at radius 1 is 1.19 bits per heavy atom. The average Bonchev–Trinajstić information content (AvgIpc) is 2.53. The summed E-state index contributed by atoms with van der Waals surface area (Å²) in [6.45, 7) is 1.69. The number of benzene rings is 1. The van der Waals surface area contributed by atoms with Crippen LogP contribution in [0.2, 0.25) is 0 Å². The van der Waals surface area contributed by atoms with Gasteiger partial charge >= 0.3 is 5.69 Å². The highest BCUT2D eigenvalue weighted by Crippen LogP contribution is 2.28. The van der Waals surface area contributed by atoms with Crippen molar-refractivity contribution in [3.8, 4) is 0 Å². The summed E-state index contributed by atoms with van der Waals surface area (Å²) in [7, 11) is 1.48. The summed E-state index contributed by atoms with van der Waals surface area (Å²) >= 11 is 0. The number of hydrogen-bond donors (Lipinski definition) is 1. The molecule has 21 heavy (non-hydrogen) atoms. The Balaban J connectivity index is 1.87. The Hall–Kier alpha value is -2.30. The molecule has 0 aliphatic carbocycles. The summed E-state index contributed by atoms with van der Waals surface area (Å²) in [6, 6.07) is 11.9. The molecular formula is C16H19N3O2. The summed E-state index contributed by atoms with van der Waals surface area (Å²) in [5, 5.41) is 0. The Morgan fingerprint density at radius 3 is 2.67 bits per heavy atom. The average molecular weight is 285 g/mol. The van der Waals surface area contributed by atoms with Crippen LogP contribution in [0.4, 0.5) is 5.82 Å².